The van der Waals surface area contributed by atoms with Gasteiger partial charge < -0.3 is 10.1 Å². The van der Waals surface area contributed by atoms with E-state index in [-0.39, 0.29) is 26.7 Å². The minimum Gasteiger partial charge on any atom is -0.465 e. The number of hydrogen-bond acceptors (Lipinski definition) is 5. The van der Waals surface area contributed by atoms with Gasteiger partial charge in [0.15, 0.2) is 0 Å². The Hall–Kier alpha value is -2.49. The molecule has 0 atom stereocenters. The van der Waals surface area contributed by atoms with Crippen LogP contribution in [0.1, 0.15) is 33.6 Å². The molecule has 1 heterocycles. The SMILES string of the molecule is COC(=O)c1ccc(F)c(NC(=O)c2cc(S(=O)(=O)N3CCCC3)ccc2Cl)c1. The van der Waals surface area contributed by atoms with Gasteiger partial charge in [-0.2, -0.15) is 4.31 Å². The summed E-state index contributed by atoms with van der Waals surface area (Å²) in [5.41, 5.74) is -0.350. The summed E-state index contributed by atoms with van der Waals surface area (Å²) in [5, 5.41) is 2.33. The highest BCUT2D eigenvalue weighted by molar-refractivity contribution is 7.89. The van der Waals surface area contributed by atoms with Crippen molar-refractivity contribution < 1.29 is 27.1 Å². The van der Waals surface area contributed by atoms with Crippen LogP contribution in [0.2, 0.25) is 5.02 Å². The van der Waals surface area contributed by atoms with Crippen molar-refractivity contribution in [3.05, 3.63) is 58.4 Å². The zero-order valence-electron chi connectivity index (χ0n) is 15.4. The van der Waals surface area contributed by atoms with Gasteiger partial charge in [-0.25, -0.2) is 17.6 Å². The first kappa shape index (κ1) is 21.2. The minimum absolute atomic E-state index is 0.00685. The number of halogens is 2. The molecule has 2 aromatic rings. The molecule has 2 aromatic carbocycles. The van der Waals surface area contributed by atoms with Crippen molar-refractivity contribution in [2.45, 2.75) is 17.7 Å². The van der Waals surface area contributed by atoms with Crippen molar-refractivity contribution in [1.82, 2.24) is 4.31 Å². The van der Waals surface area contributed by atoms with Gasteiger partial charge in [0.1, 0.15) is 5.82 Å². The van der Waals surface area contributed by atoms with Gasteiger partial charge in [-0.05, 0) is 49.2 Å². The molecule has 1 aliphatic rings. The van der Waals surface area contributed by atoms with Crippen molar-refractivity contribution >= 4 is 39.2 Å². The van der Waals surface area contributed by atoms with Crippen LogP contribution < -0.4 is 5.32 Å². The number of sulfonamides is 1. The third-order valence-electron chi connectivity index (χ3n) is 4.52. The molecule has 10 heteroatoms. The fourth-order valence-electron chi connectivity index (χ4n) is 2.97. The van der Waals surface area contributed by atoms with E-state index in [0.29, 0.717) is 13.1 Å². The van der Waals surface area contributed by atoms with Gasteiger partial charge in [0.2, 0.25) is 10.0 Å². The summed E-state index contributed by atoms with van der Waals surface area (Å²) in [4.78, 5) is 24.2. The zero-order valence-corrected chi connectivity index (χ0v) is 17.0. The van der Waals surface area contributed by atoms with Crippen molar-refractivity contribution in [2.75, 3.05) is 25.5 Å². The molecule has 1 fully saturated rings. The first-order valence-corrected chi connectivity index (χ1v) is 10.5. The Balaban J connectivity index is 1.91. The van der Waals surface area contributed by atoms with Crippen LogP contribution in [-0.4, -0.2) is 44.8 Å². The number of anilines is 1. The van der Waals surface area contributed by atoms with E-state index in [1.54, 1.807) is 0 Å². The second-order valence-corrected chi connectivity index (χ2v) is 8.74. The summed E-state index contributed by atoms with van der Waals surface area (Å²) in [6.07, 6.45) is 1.55. The number of carbonyl (C=O) groups excluding carboxylic acids is 2. The van der Waals surface area contributed by atoms with Gasteiger partial charge in [-0.15, -0.1) is 0 Å². The van der Waals surface area contributed by atoms with Gasteiger partial charge in [-0.3, -0.25) is 4.79 Å². The number of methoxy groups -OCH3 is 1. The van der Waals surface area contributed by atoms with Gasteiger partial charge >= 0.3 is 5.97 Å². The molecule has 0 aliphatic carbocycles. The molecular weight excluding hydrogens is 423 g/mol. The standard InChI is InChI=1S/C19H18ClFN2O5S/c1-28-19(25)12-4-7-16(21)17(10-12)22-18(24)14-11-13(5-6-15(14)20)29(26,27)23-8-2-3-9-23/h4-7,10-11H,2-3,8-9H2,1H3,(H,22,24). The van der Waals surface area contributed by atoms with E-state index in [2.05, 4.69) is 10.1 Å². The predicted molar refractivity (Wildman–Crippen MR) is 105 cm³/mol. The Bertz CT molecular complexity index is 1070. The van der Waals surface area contributed by atoms with E-state index >= 15 is 0 Å². The molecule has 0 saturated carbocycles. The Labute approximate surface area is 172 Å². The highest BCUT2D eigenvalue weighted by Gasteiger charge is 2.28. The lowest BCUT2D eigenvalue weighted by atomic mass is 10.1. The molecule has 1 aliphatic heterocycles. The van der Waals surface area contributed by atoms with E-state index in [1.165, 1.54) is 29.6 Å². The number of nitrogens with zero attached hydrogens (tertiary/aromatic N) is 1. The Morgan fingerprint density at radius 2 is 1.83 bits per heavy atom. The summed E-state index contributed by atoms with van der Waals surface area (Å²) >= 11 is 6.07. The summed E-state index contributed by atoms with van der Waals surface area (Å²) in [6.45, 7) is 0.829. The molecule has 1 amide bonds. The average molecular weight is 441 g/mol. The highest BCUT2D eigenvalue weighted by atomic mass is 35.5. The highest BCUT2D eigenvalue weighted by Crippen LogP contribution is 2.26. The Kier molecular flexibility index (Phi) is 6.21. The number of rotatable bonds is 5. The van der Waals surface area contributed by atoms with Crippen LogP contribution in [0.3, 0.4) is 0 Å². The molecular formula is C19H18ClFN2O5S. The first-order chi connectivity index (χ1) is 13.7. The molecule has 0 bridgehead atoms. The zero-order chi connectivity index (χ0) is 21.2. The lowest BCUT2D eigenvalue weighted by molar-refractivity contribution is 0.0600. The second kappa shape index (κ2) is 8.48. The Morgan fingerprint density at radius 3 is 2.48 bits per heavy atom. The number of esters is 1. The molecule has 7 nitrogen and oxygen atoms in total. The maximum absolute atomic E-state index is 14.1. The van der Waals surface area contributed by atoms with Crippen LogP contribution in [0.15, 0.2) is 41.3 Å². The quantitative estimate of drug-likeness (QED) is 0.720. The van der Waals surface area contributed by atoms with Gasteiger partial charge in [0.05, 0.1) is 33.8 Å². The smallest absolute Gasteiger partial charge is 0.337 e. The number of ether oxygens (including phenoxy) is 1. The number of hydrogen-bond donors (Lipinski definition) is 1. The van der Waals surface area contributed by atoms with Crippen molar-refractivity contribution in [3.63, 3.8) is 0 Å². The van der Waals surface area contributed by atoms with Gasteiger partial charge in [-0.1, -0.05) is 11.6 Å². The molecule has 3 rings (SSSR count). The summed E-state index contributed by atoms with van der Waals surface area (Å²) in [5.74, 6) is -2.28. The van der Waals surface area contributed by atoms with Crippen LogP contribution in [0.5, 0.6) is 0 Å². The van der Waals surface area contributed by atoms with Crippen LogP contribution >= 0.6 is 11.6 Å². The van der Waals surface area contributed by atoms with Crippen molar-refractivity contribution in [3.8, 4) is 0 Å². The Morgan fingerprint density at radius 1 is 1.14 bits per heavy atom. The van der Waals surface area contributed by atoms with Crippen LogP contribution in [0.25, 0.3) is 0 Å². The predicted octanol–water partition coefficient (Wildman–Crippen LogP) is 3.30. The molecule has 0 radical (unpaired) electrons. The maximum atomic E-state index is 14.1. The van der Waals surface area contributed by atoms with Crippen molar-refractivity contribution in [1.29, 1.82) is 0 Å². The van der Waals surface area contributed by atoms with E-state index in [9.17, 15) is 22.4 Å². The molecule has 0 aromatic heterocycles. The molecule has 0 spiro atoms. The molecule has 1 N–H and O–H groups in total. The number of carbonyl (C=O) groups is 2. The van der Waals surface area contributed by atoms with Gasteiger partial charge in [0.25, 0.3) is 5.91 Å². The molecule has 0 unspecified atom stereocenters. The van der Waals surface area contributed by atoms with Crippen molar-refractivity contribution in [2.24, 2.45) is 0 Å². The summed E-state index contributed by atoms with van der Waals surface area (Å²) in [6, 6.07) is 7.14. The number of benzene rings is 2. The third-order valence-corrected chi connectivity index (χ3v) is 6.75. The lowest BCUT2D eigenvalue weighted by Gasteiger charge is -2.16. The van der Waals surface area contributed by atoms with E-state index in [0.717, 1.165) is 31.0 Å². The maximum Gasteiger partial charge on any atom is 0.337 e. The topological polar surface area (TPSA) is 92.8 Å². The number of amides is 1. The van der Waals surface area contributed by atoms with Crippen LogP contribution in [0.4, 0.5) is 10.1 Å². The average Bonchev–Trinajstić information content (AvgIpc) is 3.25. The van der Waals surface area contributed by atoms with E-state index in [1.807, 2.05) is 0 Å². The largest absolute Gasteiger partial charge is 0.465 e. The third kappa shape index (κ3) is 4.42. The molecule has 29 heavy (non-hydrogen) atoms. The van der Waals surface area contributed by atoms with E-state index < -0.39 is 27.7 Å². The van der Waals surface area contributed by atoms with Crippen LogP contribution in [-0.2, 0) is 14.8 Å². The molecule has 154 valence electrons. The fraction of sp³-hybridized carbons (Fsp3) is 0.263. The van der Waals surface area contributed by atoms with Crippen LogP contribution in [0, 0.1) is 5.82 Å². The van der Waals surface area contributed by atoms with E-state index in [4.69, 9.17) is 11.6 Å². The monoisotopic (exact) mass is 440 g/mol. The summed E-state index contributed by atoms with van der Waals surface area (Å²) < 4.78 is 45.5. The number of nitrogens with one attached hydrogen (secondary N) is 1. The first-order valence-electron chi connectivity index (χ1n) is 8.73. The van der Waals surface area contributed by atoms with Gasteiger partial charge in [0, 0.05) is 13.1 Å². The fourth-order valence-corrected chi connectivity index (χ4v) is 4.72. The minimum atomic E-state index is -3.75. The summed E-state index contributed by atoms with van der Waals surface area (Å²) in [7, 11) is -2.58. The normalized spacial score (nSPS) is 14.6. The second-order valence-electron chi connectivity index (χ2n) is 6.39. The lowest BCUT2D eigenvalue weighted by Crippen LogP contribution is -2.28. The molecule has 1 saturated heterocycles.